The summed E-state index contributed by atoms with van der Waals surface area (Å²) in [6.45, 7) is 3.88. The maximum Gasteiger partial charge on any atom is 0.228 e. The fraction of sp³-hybridized carbons (Fsp3) is 0.524. The Morgan fingerprint density at radius 3 is 2.48 bits per heavy atom. The van der Waals surface area contributed by atoms with Gasteiger partial charge in [0.1, 0.15) is 0 Å². The number of carbonyl (C=O) groups is 2. The third kappa shape index (κ3) is 4.80. The van der Waals surface area contributed by atoms with Crippen LogP contribution < -0.4 is 10.2 Å². The standard InChI is InChI=1S/C21H27N5O2S/c1-2-19(28)22-16-8-6-15(7-9-16)18(27)14-29-21-24-23-20(26(21)17-10-11-17)25-12-4-3-5-13-25/h6-9,17H,2-5,10-14H2,1H3,(H,22,28). The van der Waals surface area contributed by atoms with Crippen LogP contribution in [0.25, 0.3) is 0 Å². The molecular weight excluding hydrogens is 386 g/mol. The van der Waals surface area contributed by atoms with E-state index in [1.165, 1.54) is 31.0 Å². The van der Waals surface area contributed by atoms with Crippen molar-refractivity contribution in [3.63, 3.8) is 0 Å². The Kier molecular flexibility index (Phi) is 6.18. The van der Waals surface area contributed by atoms with E-state index in [9.17, 15) is 9.59 Å². The lowest BCUT2D eigenvalue weighted by Crippen LogP contribution is -2.31. The molecule has 1 aromatic carbocycles. The van der Waals surface area contributed by atoms with E-state index in [2.05, 4.69) is 25.0 Å². The Morgan fingerprint density at radius 2 is 1.83 bits per heavy atom. The van der Waals surface area contributed by atoms with Gasteiger partial charge >= 0.3 is 0 Å². The number of nitrogens with zero attached hydrogens (tertiary/aromatic N) is 4. The zero-order chi connectivity index (χ0) is 20.2. The predicted octanol–water partition coefficient (Wildman–Crippen LogP) is 3.93. The van der Waals surface area contributed by atoms with Gasteiger partial charge in [0.25, 0.3) is 0 Å². The monoisotopic (exact) mass is 413 g/mol. The molecule has 29 heavy (non-hydrogen) atoms. The molecule has 8 heteroatoms. The first kappa shape index (κ1) is 19.9. The normalized spacial score (nSPS) is 16.7. The molecule has 154 valence electrons. The van der Waals surface area contributed by atoms with Crippen molar-refractivity contribution in [2.24, 2.45) is 0 Å². The number of hydrogen-bond acceptors (Lipinski definition) is 6. The molecule has 2 aromatic rings. The van der Waals surface area contributed by atoms with Gasteiger partial charge in [-0.1, -0.05) is 18.7 Å². The van der Waals surface area contributed by atoms with E-state index in [-0.39, 0.29) is 11.7 Å². The van der Waals surface area contributed by atoms with Gasteiger partial charge in [0.2, 0.25) is 11.9 Å². The van der Waals surface area contributed by atoms with Crippen LogP contribution in [0.4, 0.5) is 11.6 Å². The molecule has 7 nitrogen and oxygen atoms in total. The maximum atomic E-state index is 12.6. The number of nitrogens with one attached hydrogen (secondary N) is 1. The van der Waals surface area contributed by atoms with Crippen LogP contribution in [0.2, 0.25) is 0 Å². The van der Waals surface area contributed by atoms with Gasteiger partial charge in [0.15, 0.2) is 10.9 Å². The van der Waals surface area contributed by atoms with Crippen LogP contribution in [0.3, 0.4) is 0 Å². The van der Waals surface area contributed by atoms with Crippen molar-refractivity contribution in [2.75, 3.05) is 29.1 Å². The van der Waals surface area contributed by atoms with Gasteiger partial charge in [-0.05, 0) is 56.4 Å². The largest absolute Gasteiger partial charge is 0.341 e. The predicted molar refractivity (Wildman–Crippen MR) is 115 cm³/mol. The quantitative estimate of drug-likeness (QED) is 0.522. The minimum absolute atomic E-state index is 0.0384. The highest BCUT2D eigenvalue weighted by atomic mass is 32.2. The zero-order valence-electron chi connectivity index (χ0n) is 16.8. The van der Waals surface area contributed by atoms with E-state index < -0.39 is 0 Å². The van der Waals surface area contributed by atoms with Crippen molar-refractivity contribution in [1.82, 2.24) is 14.8 Å². The maximum absolute atomic E-state index is 12.6. The van der Waals surface area contributed by atoms with Crippen molar-refractivity contribution in [3.8, 4) is 0 Å². The van der Waals surface area contributed by atoms with Gasteiger partial charge in [0, 0.05) is 36.8 Å². The summed E-state index contributed by atoms with van der Waals surface area (Å²) in [7, 11) is 0. The Bertz CT molecular complexity index is 870. The van der Waals surface area contributed by atoms with Crippen LogP contribution in [0, 0.1) is 0 Å². The second kappa shape index (κ2) is 8.98. The molecule has 0 spiro atoms. The summed E-state index contributed by atoms with van der Waals surface area (Å²) in [6, 6.07) is 7.54. The smallest absolute Gasteiger partial charge is 0.228 e. The molecule has 1 aliphatic heterocycles. The number of carbonyl (C=O) groups excluding carboxylic acids is 2. The molecule has 0 bridgehead atoms. The highest BCUT2D eigenvalue weighted by Gasteiger charge is 2.32. The van der Waals surface area contributed by atoms with E-state index in [1.54, 1.807) is 24.3 Å². The lowest BCUT2D eigenvalue weighted by atomic mass is 10.1. The zero-order valence-corrected chi connectivity index (χ0v) is 17.6. The van der Waals surface area contributed by atoms with Gasteiger partial charge < -0.3 is 10.2 Å². The van der Waals surface area contributed by atoms with Crippen molar-refractivity contribution in [3.05, 3.63) is 29.8 Å². The van der Waals surface area contributed by atoms with Crippen LogP contribution in [0.15, 0.2) is 29.4 Å². The third-order valence-corrected chi connectivity index (χ3v) is 6.28. The topological polar surface area (TPSA) is 80.1 Å². The van der Waals surface area contributed by atoms with Crippen molar-refractivity contribution >= 4 is 35.1 Å². The highest BCUT2D eigenvalue weighted by Crippen LogP contribution is 2.41. The summed E-state index contributed by atoms with van der Waals surface area (Å²) in [6.07, 6.45) is 6.43. The second-order valence-electron chi connectivity index (χ2n) is 7.62. The van der Waals surface area contributed by atoms with Gasteiger partial charge in [0.05, 0.1) is 5.75 Å². The molecule has 2 aliphatic rings. The minimum atomic E-state index is -0.0384. The first-order valence-electron chi connectivity index (χ1n) is 10.4. The minimum Gasteiger partial charge on any atom is -0.341 e. The van der Waals surface area contributed by atoms with Crippen LogP contribution in [-0.4, -0.2) is 45.3 Å². The molecule has 1 N–H and O–H groups in total. The van der Waals surface area contributed by atoms with E-state index in [1.807, 2.05) is 6.92 Å². The lowest BCUT2D eigenvalue weighted by molar-refractivity contribution is -0.115. The molecule has 1 amide bonds. The number of rotatable bonds is 8. The van der Waals surface area contributed by atoms with E-state index in [0.29, 0.717) is 29.5 Å². The van der Waals surface area contributed by atoms with Gasteiger partial charge in [-0.25, -0.2) is 0 Å². The number of thioether (sulfide) groups is 1. The highest BCUT2D eigenvalue weighted by molar-refractivity contribution is 7.99. The number of hydrogen-bond donors (Lipinski definition) is 1. The van der Waals surface area contributed by atoms with Gasteiger partial charge in [-0.2, -0.15) is 0 Å². The first-order chi connectivity index (χ1) is 14.2. The van der Waals surface area contributed by atoms with Gasteiger partial charge in [-0.3, -0.25) is 14.2 Å². The number of benzene rings is 1. The van der Waals surface area contributed by atoms with Crippen LogP contribution >= 0.6 is 11.8 Å². The van der Waals surface area contributed by atoms with Crippen molar-refractivity contribution in [2.45, 2.75) is 56.6 Å². The van der Waals surface area contributed by atoms with E-state index >= 15 is 0 Å². The Morgan fingerprint density at radius 1 is 1.10 bits per heavy atom. The molecule has 0 radical (unpaired) electrons. The lowest BCUT2D eigenvalue weighted by Gasteiger charge is -2.27. The van der Waals surface area contributed by atoms with E-state index in [0.717, 1.165) is 37.0 Å². The summed E-state index contributed by atoms with van der Waals surface area (Å²) in [4.78, 5) is 26.4. The summed E-state index contributed by atoms with van der Waals surface area (Å²) < 4.78 is 2.24. The number of piperidine rings is 1. The summed E-state index contributed by atoms with van der Waals surface area (Å²) >= 11 is 1.47. The molecule has 1 aromatic heterocycles. The van der Waals surface area contributed by atoms with E-state index in [4.69, 9.17) is 0 Å². The van der Waals surface area contributed by atoms with Crippen LogP contribution in [-0.2, 0) is 4.79 Å². The molecule has 4 rings (SSSR count). The number of aromatic nitrogens is 3. The molecule has 1 saturated heterocycles. The Labute approximate surface area is 175 Å². The fourth-order valence-corrected chi connectivity index (χ4v) is 4.43. The molecule has 0 atom stereocenters. The number of Topliss-reactive ketones (excluding diaryl/α,β-unsaturated/α-hetero) is 1. The SMILES string of the molecule is CCC(=O)Nc1ccc(C(=O)CSc2nnc(N3CCCCC3)n2C2CC2)cc1. The van der Waals surface area contributed by atoms with Crippen molar-refractivity contribution in [1.29, 1.82) is 0 Å². The van der Waals surface area contributed by atoms with Crippen LogP contribution in [0.5, 0.6) is 0 Å². The average molecular weight is 414 g/mol. The third-order valence-electron chi connectivity index (χ3n) is 5.34. The van der Waals surface area contributed by atoms with Crippen molar-refractivity contribution < 1.29 is 9.59 Å². The summed E-state index contributed by atoms with van der Waals surface area (Å²) in [5.41, 5.74) is 1.35. The molecular formula is C21H27N5O2S. The number of ketones is 1. The second-order valence-corrected chi connectivity index (χ2v) is 8.56. The average Bonchev–Trinajstić information content (AvgIpc) is 3.51. The Hall–Kier alpha value is -2.35. The Balaban J connectivity index is 1.40. The number of amides is 1. The molecule has 0 unspecified atom stereocenters. The fourth-order valence-electron chi connectivity index (χ4n) is 3.53. The van der Waals surface area contributed by atoms with Gasteiger partial charge in [-0.15, -0.1) is 10.2 Å². The summed E-state index contributed by atoms with van der Waals surface area (Å²) in [5.74, 6) is 1.31. The molecule has 2 heterocycles. The molecule has 2 fully saturated rings. The van der Waals surface area contributed by atoms with Crippen LogP contribution in [0.1, 0.15) is 61.8 Å². The summed E-state index contributed by atoms with van der Waals surface area (Å²) in [5, 5.41) is 12.5. The first-order valence-corrected chi connectivity index (χ1v) is 11.4. The molecule has 1 aliphatic carbocycles. The molecule has 1 saturated carbocycles. The number of anilines is 2.